The minimum absolute atomic E-state index is 0.240. The number of aryl methyl sites for hydroxylation is 1. The zero-order valence-corrected chi connectivity index (χ0v) is 15.1. The lowest BCUT2D eigenvalue weighted by atomic mass is 9.85. The van der Waals surface area contributed by atoms with Crippen LogP contribution in [0, 0.1) is 16.5 Å². The molecule has 3 rings (SSSR count). The van der Waals surface area contributed by atoms with Gasteiger partial charge in [0.1, 0.15) is 5.75 Å². The number of rotatable bonds is 4. The fourth-order valence-electron chi connectivity index (χ4n) is 2.73. The average Bonchev–Trinajstić information content (AvgIpc) is 2.61. The van der Waals surface area contributed by atoms with Gasteiger partial charge < -0.3 is 19.8 Å². The van der Waals surface area contributed by atoms with E-state index < -0.39 is 5.60 Å². The predicted molar refractivity (Wildman–Crippen MR) is 96.5 cm³/mol. The van der Waals surface area contributed by atoms with Crippen LogP contribution in [-0.4, -0.2) is 37.1 Å². The highest BCUT2D eigenvalue weighted by atomic mass is 32.1. The number of H-pyrrole nitrogens is 2. The molecular formula is C16H15N5O2S2. The van der Waals surface area contributed by atoms with Gasteiger partial charge >= 0.3 is 0 Å². The van der Waals surface area contributed by atoms with Crippen LogP contribution in [-0.2, 0) is 5.60 Å². The zero-order valence-electron chi connectivity index (χ0n) is 13.5. The number of nitrogens with zero attached hydrogens (tertiary/aromatic N) is 3. The van der Waals surface area contributed by atoms with Crippen LogP contribution in [0.3, 0.4) is 0 Å². The smallest absolute Gasteiger partial charge is 0.197 e. The van der Waals surface area contributed by atoms with Crippen LogP contribution < -0.4 is 4.74 Å². The van der Waals surface area contributed by atoms with Gasteiger partial charge in [0.25, 0.3) is 0 Å². The Morgan fingerprint density at radius 1 is 0.960 bits per heavy atom. The summed E-state index contributed by atoms with van der Waals surface area (Å²) in [5.41, 5.74) is 0.189. The van der Waals surface area contributed by atoms with Crippen molar-refractivity contribution in [3.63, 3.8) is 0 Å². The molecular weight excluding hydrogens is 358 g/mol. The van der Waals surface area contributed by atoms with Gasteiger partial charge in [-0.15, -0.1) is 0 Å². The molecule has 3 aromatic heterocycles. The van der Waals surface area contributed by atoms with E-state index in [4.69, 9.17) is 29.2 Å². The number of hydrogen-bond acceptors (Lipinski definition) is 7. The van der Waals surface area contributed by atoms with Crippen molar-refractivity contribution >= 4 is 24.4 Å². The second-order valence-electron chi connectivity index (χ2n) is 5.26. The van der Waals surface area contributed by atoms with Gasteiger partial charge in [0, 0.05) is 24.3 Å². The third-order valence-corrected chi connectivity index (χ3v) is 4.23. The average molecular weight is 373 g/mol. The largest absolute Gasteiger partial charge is 0.496 e. The molecule has 0 spiro atoms. The first-order valence-electron chi connectivity index (χ1n) is 7.31. The summed E-state index contributed by atoms with van der Waals surface area (Å²) < 4.78 is 5.94. The first-order valence-corrected chi connectivity index (χ1v) is 8.12. The van der Waals surface area contributed by atoms with Gasteiger partial charge in [-0.25, -0.2) is 9.97 Å². The van der Waals surface area contributed by atoms with Gasteiger partial charge in [-0.05, 0) is 49.6 Å². The molecule has 3 N–H and O–H groups in total. The summed E-state index contributed by atoms with van der Waals surface area (Å²) in [5, 5.41) is 11.8. The zero-order chi connectivity index (χ0) is 18.0. The van der Waals surface area contributed by atoms with Crippen LogP contribution in [0.25, 0.3) is 0 Å². The molecule has 9 heteroatoms. The Kier molecular flexibility index (Phi) is 4.71. The highest BCUT2D eigenvalue weighted by Crippen LogP contribution is 2.40. The van der Waals surface area contributed by atoms with Crippen molar-refractivity contribution in [2.24, 2.45) is 0 Å². The molecule has 7 nitrogen and oxygen atoms in total. The Bertz CT molecular complexity index is 978. The van der Waals surface area contributed by atoms with Gasteiger partial charge in [-0.1, -0.05) is 0 Å². The number of aromatic amines is 2. The molecule has 0 radical (unpaired) electrons. The van der Waals surface area contributed by atoms with Gasteiger partial charge in [0.15, 0.2) is 15.1 Å². The van der Waals surface area contributed by atoms with E-state index in [2.05, 4.69) is 24.9 Å². The minimum Gasteiger partial charge on any atom is -0.496 e. The molecule has 0 atom stereocenters. The topological polar surface area (TPSA) is 99.7 Å². The molecule has 3 heterocycles. The lowest BCUT2D eigenvalue weighted by Crippen LogP contribution is -2.33. The first-order chi connectivity index (χ1) is 12.0. The molecule has 0 saturated heterocycles. The van der Waals surface area contributed by atoms with Crippen LogP contribution in [0.4, 0.5) is 0 Å². The van der Waals surface area contributed by atoms with Gasteiger partial charge in [0.2, 0.25) is 0 Å². The minimum atomic E-state index is -1.67. The Balaban J connectivity index is 2.43. The monoisotopic (exact) mass is 373 g/mol. The van der Waals surface area contributed by atoms with Gasteiger partial charge in [-0.2, -0.15) is 0 Å². The maximum Gasteiger partial charge on any atom is 0.197 e. The van der Waals surface area contributed by atoms with Crippen molar-refractivity contribution in [1.29, 1.82) is 0 Å². The maximum absolute atomic E-state index is 11.8. The SMILES string of the molecule is COc1ccnc(C)c1C(O)(c1ccnc(=S)[nH]1)c1ccnc(=S)[nH]1. The van der Waals surface area contributed by atoms with Crippen molar-refractivity contribution < 1.29 is 9.84 Å². The lowest BCUT2D eigenvalue weighted by Gasteiger charge is -2.31. The van der Waals surface area contributed by atoms with Crippen LogP contribution in [0.2, 0.25) is 0 Å². The van der Waals surface area contributed by atoms with Crippen molar-refractivity contribution in [2.75, 3.05) is 7.11 Å². The molecule has 0 aliphatic heterocycles. The number of ether oxygens (including phenoxy) is 1. The Labute approximate surface area is 153 Å². The van der Waals surface area contributed by atoms with Crippen molar-refractivity contribution in [1.82, 2.24) is 24.9 Å². The second-order valence-corrected chi connectivity index (χ2v) is 6.03. The normalized spacial score (nSPS) is 11.3. The highest BCUT2D eigenvalue weighted by molar-refractivity contribution is 7.71. The van der Waals surface area contributed by atoms with E-state index in [1.54, 1.807) is 31.3 Å². The van der Waals surface area contributed by atoms with E-state index in [0.29, 0.717) is 28.4 Å². The molecule has 3 aromatic rings. The van der Waals surface area contributed by atoms with Gasteiger partial charge in [-0.3, -0.25) is 4.98 Å². The predicted octanol–water partition coefficient (Wildman–Crippen LogP) is 2.59. The third kappa shape index (κ3) is 3.09. The van der Waals surface area contributed by atoms with Crippen molar-refractivity contribution in [2.45, 2.75) is 12.5 Å². The summed E-state index contributed by atoms with van der Waals surface area (Å²) in [4.78, 5) is 18.1. The number of aromatic nitrogens is 5. The van der Waals surface area contributed by atoms with E-state index >= 15 is 0 Å². The number of methoxy groups -OCH3 is 1. The van der Waals surface area contributed by atoms with Gasteiger partial charge in [0.05, 0.1) is 24.1 Å². The molecule has 0 amide bonds. The molecule has 0 saturated carbocycles. The van der Waals surface area contributed by atoms with E-state index in [9.17, 15) is 5.11 Å². The summed E-state index contributed by atoms with van der Waals surface area (Å²) in [7, 11) is 1.53. The molecule has 25 heavy (non-hydrogen) atoms. The van der Waals surface area contributed by atoms with Crippen LogP contribution >= 0.6 is 24.4 Å². The Hall–Kier alpha value is -2.49. The van der Waals surface area contributed by atoms with Crippen LogP contribution in [0.1, 0.15) is 22.6 Å². The van der Waals surface area contributed by atoms with E-state index in [0.717, 1.165) is 0 Å². The summed E-state index contributed by atoms with van der Waals surface area (Å²) in [6.45, 7) is 1.79. The highest BCUT2D eigenvalue weighted by Gasteiger charge is 2.40. The van der Waals surface area contributed by atoms with Crippen LogP contribution in [0.15, 0.2) is 36.8 Å². The van der Waals surface area contributed by atoms with E-state index in [-0.39, 0.29) is 9.54 Å². The Morgan fingerprint density at radius 3 is 1.96 bits per heavy atom. The Morgan fingerprint density at radius 2 is 1.48 bits per heavy atom. The van der Waals surface area contributed by atoms with E-state index in [1.807, 2.05) is 0 Å². The van der Waals surface area contributed by atoms with Crippen LogP contribution in [0.5, 0.6) is 5.75 Å². The number of nitrogens with one attached hydrogen (secondary N) is 2. The first kappa shape index (κ1) is 17.3. The molecule has 0 aliphatic rings. The quantitative estimate of drug-likeness (QED) is 0.605. The summed E-state index contributed by atoms with van der Waals surface area (Å²) >= 11 is 10.2. The fourth-order valence-corrected chi connectivity index (χ4v) is 3.07. The number of aliphatic hydroxyl groups is 1. The molecule has 0 unspecified atom stereocenters. The second kappa shape index (κ2) is 6.79. The van der Waals surface area contributed by atoms with E-state index in [1.165, 1.54) is 19.5 Å². The molecule has 0 fully saturated rings. The van der Waals surface area contributed by atoms with Crippen molar-refractivity contribution in [3.05, 3.63) is 69.0 Å². The summed E-state index contributed by atoms with van der Waals surface area (Å²) in [6, 6.07) is 4.96. The molecule has 128 valence electrons. The summed E-state index contributed by atoms with van der Waals surface area (Å²) in [5.74, 6) is 0.474. The molecule has 0 aromatic carbocycles. The molecule has 0 bridgehead atoms. The standard InChI is InChI=1S/C16H15N5O2S2/c1-9-13(10(23-2)3-6-17-9)16(22,11-4-7-18-14(24)20-11)12-5-8-19-15(25)21-12/h3-8,22H,1-2H3,(H,18,20,24)(H,19,21,25). The third-order valence-electron chi connectivity index (χ3n) is 3.81. The van der Waals surface area contributed by atoms with Crippen molar-refractivity contribution in [3.8, 4) is 5.75 Å². The number of hydrogen-bond donors (Lipinski definition) is 3. The number of pyridine rings is 1. The maximum atomic E-state index is 11.8. The molecule has 0 aliphatic carbocycles. The summed E-state index contributed by atoms with van der Waals surface area (Å²) in [6.07, 6.45) is 4.65. The fraction of sp³-hybridized carbons (Fsp3) is 0.188. The lowest BCUT2D eigenvalue weighted by molar-refractivity contribution is 0.110.